The van der Waals surface area contributed by atoms with Gasteiger partial charge in [0.25, 0.3) is 0 Å². The van der Waals surface area contributed by atoms with E-state index in [0.29, 0.717) is 0 Å². The molecule has 13 heavy (non-hydrogen) atoms. The maximum atomic E-state index is 5.52. The molecule has 1 aliphatic rings. The minimum absolute atomic E-state index is 0.0714. The van der Waals surface area contributed by atoms with Gasteiger partial charge in [0.1, 0.15) is 0 Å². The molecular weight excluding hydrogens is 158 g/mol. The highest BCUT2D eigenvalue weighted by Crippen LogP contribution is 2.31. The van der Waals surface area contributed by atoms with Gasteiger partial charge in [-0.1, -0.05) is 26.2 Å². The fourth-order valence-corrected chi connectivity index (χ4v) is 1.87. The summed E-state index contributed by atoms with van der Waals surface area (Å²) < 4.78 is 0. The first kappa shape index (κ1) is 10.6. The molecule has 1 nitrogen and oxygen atoms in total. The topological polar surface area (TPSA) is 12.0 Å². The third kappa shape index (κ3) is 2.74. The van der Waals surface area contributed by atoms with Crippen LogP contribution in [0.5, 0.6) is 0 Å². The van der Waals surface area contributed by atoms with E-state index in [0.717, 1.165) is 12.5 Å². The van der Waals surface area contributed by atoms with E-state index >= 15 is 0 Å². The summed E-state index contributed by atoms with van der Waals surface area (Å²) in [4.78, 5) is 0. The molecule has 0 aromatic heterocycles. The van der Waals surface area contributed by atoms with Crippen molar-refractivity contribution in [2.45, 2.75) is 51.5 Å². The van der Waals surface area contributed by atoms with Gasteiger partial charge >= 0.3 is 0 Å². The van der Waals surface area contributed by atoms with E-state index in [1.54, 1.807) is 0 Å². The van der Waals surface area contributed by atoms with Crippen LogP contribution in [0.15, 0.2) is 0 Å². The number of rotatable bonds is 5. The molecule has 1 saturated carbocycles. The van der Waals surface area contributed by atoms with E-state index in [2.05, 4.69) is 25.1 Å². The highest BCUT2D eigenvalue weighted by atomic mass is 15.0. The van der Waals surface area contributed by atoms with Crippen LogP contribution in [0.3, 0.4) is 0 Å². The molecule has 1 unspecified atom stereocenters. The molecule has 0 heterocycles. The highest BCUT2D eigenvalue weighted by molar-refractivity contribution is 5.17. The van der Waals surface area contributed by atoms with Crippen LogP contribution in [0.25, 0.3) is 0 Å². The molecular formula is C12H21N. The van der Waals surface area contributed by atoms with E-state index in [4.69, 9.17) is 6.42 Å². The van der Waals surface area contributed by atoms with Crippen molar-refractivity contribution in [1.29, 1.82) is 0 Å². The maximum absolute atomic E-state index is 5.52. The Morgan fingerprint density at radius 2 is 2.23 bits per heavy atom. The number of hydrogen-bond acceptors (Lipinski definition) is 1. The molecule has 0 radical (unpaired) electrons. The molecule has 0 aliphatic heterocycles. The van der Waals surface area contributed by atoms with E-state index < -0.39 is 0 Å². The molecule has 1 N–H and O–H groups in total. The molecule has 0 aromatic carbocycles. The molecule has 1 atom stereocenters. The molecule has 1 aliphatic carbocycles. The van der Waals surface area contributed by atoms with Gasteiger partial charge in [-0.3, -0.25) is 0 Å². The largest absolute Gasteiger partial charge is 0.301 e. The van der Waals surface area contributed by atoms with Gasteiger partial charge in [-0.25, -0.2) is 0 Å². The fourth-order valence-electron chi connectivity index (χ4n) is 1.87. The smallest absolute Gasteiger partial charge is 0.0798 e. The second kappa shape index (κ2) is 4.67. The maximum Gasteiger partial charge on any atom is 0.0798 e. The van der Waals surface area contributed by atoms with Crippen LogP contribution in [-0.4, -0.2) is 12.1 Å². The lowest BCUT2D eigenvalue weighted by Crippen LogP contribution is -2.51. The summed E-state index contributed by atoms with van der Waals surface area (Å²) in [5.74, 6) is 3.66. The number of hydrogen-bond donors (Lipinski definition) is 1. The van der Waals surface area contributed by atoms with Crippen LogP contribution < -0.4 is 5.32 Å². The Balaban J connectivity index is 2.21. The standard InChI is InChI=1S/C12H21N/c1-4-7-11(3)10-13-12(5-2)8-6-9-12/h2,11,13H,4,6-10H2,1,3H3. The van der Waals surface area contributed by atoms with Gasteiger partial charge in [-0.05, 0) is 38.1 Å². The SMILES string of the molecule is C#CC1(NCC(C)CCC)CCC1. The second-order valence-corrected chi connectivity index (χ2v) is 4.35. The molecule has 1 rings (SSSR count). The normalized spacial score (nSPS) is 21.6. The average Bonchev–Trinajstić information content (AvgIpc) is 2.04. The van der Waals surface area contributed by atoms with E-state index in [1.165, 1.54) is 32.1 Å². The van der Waals surface area contributed by atoms with Crippen molar-refractivity contribution in [2.75, 3.05) is 6.54 Å². The first-order valence-electron chi connectivity index (χ1n) is 5.45. The quantitative estimate of drug-likeness (QED) is 0.640. The van der Waals surface area contributed by atoms with E-state index in [9.17, 15) is 0 Å². The Morgan fingerprint density at radius 1 is 1.54 bits per heavy atom. The van der Waals surface area contributed by atoms with Crippen molar-refractivity contribution in [1.82, 2.24) is 5.32 Å². The van der Waals surface area contributed by atoms with Crippen molar-refractivity contribution in [3.63, 3.8) is 0 Å². The summed E-state index contributed by atoms with van der Waals surface area (Å²) in [7, 11) is 0. The predicted octanol–water partition coefficient (Wildman–Crippen LogP) is 2.57. The molecule has 0 aromatic rings. The zero-order valence-corrected chi connectivity index (χ0v) is 8.90. The van der Waals surface area contributed by atoms with Crippen molar-refractivity contribution in [3.8, 4) is 12.3 Å². The molecule has 0 spiro atoms. The summed E-state index contributed by atoms with van der Waals surface area (Å²) in [6, 6.07) is 0. The fraction of sp³-hybridized carbons (Fsp3) is 0.833. The van der Waals surface area contributed by atoms with Crippen molar-refractivity contribution in [2.24, 2.45) is 5.92 Å². The van der Waals surface area contributed by atoms with Crippen LogP contribution in [-0.2, 0) is 0 Å². The lowest BCUT2D eigenvalue weighted by Gasteiger charge is -2.38. The summed E-state index contributed by atoms with van der Waals surface area (Å²) in [6.07, 6.45) is 11.7. The zero-order valence-electron chi connectivity index (χ0n) is 8.90. The van der Waals surface area contributed by atoms with Crippen LogP contribution >= 0.6 is 0 Å². The van der Waals surface area contributed by atoms with Crippen molar-refractivity contribution in [3.05, 3.63) is 0 Å². The molecule has 1 fully saturated rings. The van der Waals surface area contributed by atoms with Gasteiger partial charge < -0.3 is 5.32 Å². The molecule has 1 heteroatoms. The number of terminal acetylenes is 1. The molecule has 0 bridgehead atoms. The molecule has 74 valence electrons. The van der Waals surface area contributed by atoms with Gasteiger partial charge in [0.15, 0.2) is 0 Å². The highest BCUT2D eigenvalue weighted by Gasteiger charge is 2.34. The van der Waals surface area contributed by atoms with Crippen LogP contribution in [0.1, 0.15) is 46.0 Å². The van der Waals surface area contributed by atoms with Crippen molar-refractivity contribution < 1.29 is 0 Å². The first-order valence-corrected chi connectivity index (χ1v) is 5.45. The molecule has 0 saturated heterocycles. The van der Waals surface area contributed by atoms with Gasteiger partial charge in [0.2, 0.25) is 0 Å². The van der Waals surface area contributed by atoms with Gasteiger partial charge in [0, 0.05) is 0 Å². The Labute approximate surface area is 82.3 Å². The van der Waals surface area contributed by atoms with E-state index in [1.807, 2.05) is 0 Å². The van der Waals surface area contributed by atoms with E-state index in [-0.39, 0.29) is 5.54 Å². The number of nitrogens with one attached hydrogen (secondary N) is 1. The Bertz CT molecular complexity index is 186. The Kier molecular flexibility index (Phi) is 3.81. The second-order valence-electron chi connectivity index (χ2n) is 4.35. The van der Waals surface area contributed by atoms with Gasteiger partial charge in [0.05, 0.1) is 5.54 Å². The Hall–Kier alpha value is -0.480. The third-order valence-corrected chi connectivity index (χ3v) is 3.05. The summed E-state index contributed by atoms with van der Waals surface area (Å²) in [6.45, 7) is 5.61. The minimum atomic E-state index is 0.0714. The van der Waals surface area contributed by atoms with Crippen LogP contribution in [0, 0.1) is 18.3 Å². The zero-order chi connectivity index (χ0) is 9.73. The lowest BCUT2D eigenvalue weighted by molar-refractivity contribution is 0.243. The van der Waals surface area contributed by atoms with Crippen LogP contribution in [0.2, 0.25) is 0 Å². The van der Waals surface area contributed by atoms with Gasteiger partial charge in [-0.2, -0.15) is 0 Å². The summed E-state index contributed by atoms with van der Waals surface area (Å²) in [5.41, 5.74) is 0.0714. The molecule has 0 amide bonds. The Morgan fingerprint density at radius 3 is 2.62 bits per heavy atom. The third-order valence-electron chi connectivity index (χ3n) is 3.05. The summed E-state index contributed by atoms with van der Waals surface area (Å²) in [5, 5.41) is 3.53. The van der Waals surface area contributed by atoms with Crippen molar-refractivity contribution >= 4 is 0 Å². The first-order chi connectivity index (χ1) is 6.22. The van der Waals surface area contributed by atoms with Gasteiger partial charge in [-0.15, -0.1) is 6.42 Å². The summed E-state index contributed by atoms with van der Waals surface area (Å²) >= 11 is 0. The monoisotopic (exact) mass is 179 g/mol. The predicted molar refractivity (Wildman–Crippen MR) is 57.5 cm³/mol. The lowest BCUT2D eigenvalue weighted by atomic mass is 9.77. The minimum Gasteiger partial charge on any atom is -0.301 e. The van der Waals surface area contributed by atoms with Crippen LogP contribution in [0.4, 0.5) is 0 Å². The average molecular weight is 179 g/mol.